The maximum atomic E-state index is 14.1. The number of amides is 3. The molecule has 0 bridgehead atoms. The first kappa shape index (κ1) is 38.8. The van der Waals surface area contributed by atoms with Crippen molar-refractivity contribution in [1.29, 1.82) is 0 Å². The minimum atomic E-state index is -4.57. The van der Waals surface area contributed by atoms with Crippen molar-refractivity contribution >= 4 is 30.0 Å². The van der Waals surface area contributed by atoms with Crippen LogP contribution in [0.3, 0.4) is 0 Å². The summed E-state index contributed by atoms with van der Waals surface area (Å²) in [6, 6.07) is 18.9. The summed E-state index contributed by atoms with van der Waals surface area (Å²) in [5.74, 6) is -1.86. The number of ether oxygens (including phenoxy) is 2. The molecule has 0 saturated carbocycles. The molecule has 0 aromatic heterocycles. The van der Waals surface area contributed by atoms with E-state index in [1.54, 1.807) is 26.8 Å². The number of benzene rings is 3. The maximum absolute atomic E-state index is 14.1. The number of alkyl halides is 3. The molecule has 2 aliphatic rings. The standard InChI is InChI=1S/C37H37F3N3O6.Y/c1-36(2,3)49-31(44)20-19-29(33(45)41-22-25-13-10-16-27(21-25)37(38,39)40)42-28(18-17-24-11-6-4-7-12-24)32(34(42)46)43-30(23-48-35(43)47)26-14-8-5-9-15-26;/h4-17,21,28-30,32H,19-20,22-23H2,1-3H3,(H,41,45);/q-1;/t28?,29-,30+,32?;/m0./s1. The molecule has 4 atom stereocenters. The summed E-state index contributed by atoms with van der Waals surface area (Å²) in [6.45, 7) is 4.85. The molecule has 1 radical (unpaired) electrons. The van der Waals surface area contributed by atoms with E-state index in [0.717, 1.165) is 23.3 Å². The minimum absolute atomic E-state index is 0. The number of nitrogens with one attached hydrogen (secondary N) is 1. The third-order valence-electron chi connectivity index (χ3n) is 8.12. The van der Waals surface area contributed by atoms with E-state index in [0.29, 0.717) is 0 Å². The predicted molar refractivity (Wildman–Crippen MR) is 173 cm³/mol. The van der Waals surface area contributed by atoms with Crippen LogP contribution in [0.25, 0.3) is 6.08 Å². The Balaban J connectivity index is 0.00000562. The molecule has 13 heteroatoms. The van der Waals surface area contributed by atoms with Crippen molar-refractivity contribution in [2.45, 2.75) is 76.1 Å². The predicted octanol–water partition coefficient (Wildman–Crippen LogP) is 6.10. The third kappa shape index (κ3) is 9.39. The average molecular weight is 766 g/mol. The van der Waals surface area contributed by atoms with Crippen LogP contribution in [0.2, 0.25) is 0 Å². The van der Waals surface area contributed by atoms with Gasteiger partial charge in [-0.25, -0.2) is 16.9 Å². The Morgan fingerprint density at radius 1 is 1.00 bits per heavy atom. The molecule has 5 rings (SSSR count). The molecule has 2 unspecified atom stereocenters. The molecule has 3 aromatic rings. The van der Waals surface area contributed by atoms with Gasteiger partial charge in [-0.05, 0) is 50.5 Å². The van der Waals surface area contributed by atoms with Crippen LogP contribution in [0.5, 0.6) is 0 Å². The number of rotatable bonds is 11. The monoisotopic (exact) mass is 765 g/mol. The van der Waals surface area contributed by atoms with Gasteiger partial charge in [0, 0.05) is 51.7 Å². The van der Waals surface area contributed by atoms with E-state index in [1.165, 1.54) is 21.9 Å². The number of hydrogen-bond acceptors (Lipinski definition) is 6. The average Bonchev–Trinajstić information content (AvgIpc) is 3.43. The number of hydrogen-bond donors (Lipinski definition) is 1. The van der Waals surface area contributed by atoms with E-state index >= 15 is 0 Å². The summed E-state index contributed by atoms with van der Waals surface area (Å²) in [5.41, 5.74) is 0.0362. The number of esters is 1. The van der Waals surface area contributed by atoms with Gasteiger partial charge in [0.15, 0.2) is 0 Å². The molecule has 3 amide bonds. The number of halogens is 3. The second-order valence-electron chi connectivity index (χ2n) is 12.8. The van der Waals surface area contributed by atoms with Crippen molar-refractivity contribution in [3.05, 3.63) is 113 Å². The molecular weight excluding hydrogens is 728 g/mol. The summed E-state index contributed by atoms with van der Waals surface area (Å²) in [4.78, 5) is 56.5. The van der Waals surface area contributed by atoms with Gasteiger partial charge in [0.1, 0.15) is 24.3 Å². The van der Waals surface area contributed by atoms with Crippen LogP contribution in [0.1, 0.15) is 61.9 Å². The molecule has 3 aromatic carbocycles. The van der Waals surface area contributed by atoms with Crippen LogP contribution >= 0.6 is 0 Å². The van der Waals surface area contributed by atoms with Gasteiger partial charge in [-0.3, -0.25) is 19.3 Å². The van der Waals surface area contributed by atoms with Crippen molar-refractivity contribution in [2.75, 3.05) is 6.61 Å². The van der Waals surface area contributed by atoms with Crippen LogP contribution in [-0.4, -0.2) is 64.0 Å². The summed E-state index contributed by atoms with van der Waals surface area (Å²) in [7, 11) is 0. The molecule has 50 heavy (non-hydrogen) atoms. The SMILES string of the molecule is CC(C)(C)OC(=O)CC[C@@H](C(=O)NCc1cccc(C(F)(F)F)c1)N1C(=O)C(N2C(=O)OC[C@@H]2c2ccccc2)C1[C-]=Cc1ccccc1.[Y]. The number of carbonyl (C=O) groups is 4. The molecule has 0 aliphatic carbocycles. The Morgan fingerprint density at radius 3 is 2.30 bits per heavy atom. The Hall–Kier alpha value is -4.03. The van der Waals surface area contributed by atoms with Gasteiger partial charge >= 0.3 is 18.2 Å². The van der Waals surface area contributed by atoms with Gasteiger partial charge in [0.25, 0.3) is 0 Å². The van der Waals surface area contributed by atoms with Gasteiger partial charge in [-0.2, -0.15) is 18.7 Å². The van der Waals surface area contributed by atoms with E-state index in [2.05, 4.69) is 11.4 Å². The van der Waals surface area contributed by atoms with Crippen LogP contribution in [0.4, 0.5) is 18.0 Å². The Labute approximate surface area is 314 Å². The Bertz CT molecular complexity index is 1700. The zero-order valence-electron chi connectivity index (χ0n) is 27.9. The van der Waals surface area contributed by atoms with Gasteiger partial charge in [-0.1, -0.05) is 60.7 Å². The summed E-state index contributed by atoms with van der Waals surface area (Å²) in [6.07, 6.45) is -0.800. The summed E-state index contributed by atoms with van der Waals surface area (Å²) in [5, 5.41) is 2.65. The molecule has 1 N–H and O–H groups in total. The fourth-order valence-electron chi connectivity index (χ4n) is 5.90. The van der Waals surface area contributed by atoms with Gasteiger partial charge in [0.2, 0.25) is 11.8 Å². The molecule has 2 fully saturated rings. The molecular formula is C37H37F3N3O6Y-. The van der Waals surface area contributed by atoms with Crippen LogP contribution < -0.4 is 5.32 Å². The van der Waals surface area contributed by atoms with Crippen molar-refractivity contribution in [3.8, 4) is 0 Å². The summed E-state index contributed by atoms with van der Waals surface area (Å²) < 4.78 is 50.8. The van der Waals surface area contributed by atoms with E-state index in [-0.39, 0.29) is 64.3 Å². The van der Waals surface area contributed by atoms with E-state index < -0.39 is 65.4 Å². The molecule has 2 saturated heterocycles. The normalized spacial score (nSPS) is 19.8. The molecule has 261 valence electrons. The Kier molecular flexibility index (Phi) is 12.7. The first-order valence-electron chi connectivity index (χ1n) is 15.8. The first-order valence-corrected chi connectivity index (χ1v) is 15.8. The number of β-lactam (4-membered cyclic amide) rings is 1. The van der Waals surface area contributed by atoms with Crippen molar-refractivity contribution in [2.24, 2.45) is 0 Å². The quantitative estimate of drug-likeness (QED) is 0.144. The topological polar surface area (TPSA) is 105 Å². The Morgan fingerprint density at radius 2 is 1.66 bits per heavy atom. The third-order valence-corrected chi connectivity index (χ3v) is 8.12. The number of nitrogens with zero attached hydrogens (tertiary/aromatic N) is 2. The minimum Gasteiger partial charge on any atom is -0.460 e. The molecule has 2 aliphatic heterocycles. The fourth-order valence-corrected chi connectivity index (χ4v) is 5.90. The second-order valence-corrected chi connectivity index (χ2v) is 12.8. The largest absolute Gasteiger partial charge is 0.460 e. The van der Waals surface area contributed by atoms with Crippen LogP contribution in [0, 0.1) is 6.08 Å². The zero-order chi connectivity index (χ0) is 35.3. The van der Waals surface area contributed by atoms with Crippen LogP contribution in [0.15, 0.2) is 84.9 Å². The maximum Gasteiger partial charge on any atom is 0.416 e. The fraction of sp³-hybridized carbons (Fsp3) is 0.351. The van der Waals surface area contributed by atoms with Gasteiger partial charge in [0.05, 0.1) is 11.6 Å². The van der Waals surface area contributed by atoms with Gasteiger partial charge < -0.3 is 19.7 Å². The van der Waals surface area contributed by atoms with Crippen molar-refractivity contribution in [3.63, 3.8) is 0 Å². The first-order chi connectivity index (χ1) is 23.2. The number of likely N-dealkylation sites (tertiary alicyclic amines) is 1. The smallest absolute Gasteiger partial charge is 0.416 e. The van der Waals surface area contributed by atoms with E-state index in [9.17, 15) is 32.3 Å². The zero-order valence-corrected chi connectivity index (χ0v) is 30.7. The second kappa shape index (κ2) is 16.3. The number of carbonyl (C=O) groups excluding carboxylic acids is 4. The van der Waals surface area contributed by atoms with Crippen LogP contribution in [-0.2, 0) is 69.3 Å². The van der Waals surface area contributed by atoms with Gasteiger partial charge in [-0.15, -0.1) is 12.1 Å². The molecule has 0 spiro atoms. The van der Waals surface area contributed by atoms with E-state index in [4.69, 9.17) is 9.47 Å². The molecule has 2 heterocycles. The van der Waals surface area contributed by atoms with E-state index in [1.807, 2.05) is 60.7 Å². The van der Waals surface area contributed by atoms with Crippen molar-refractivity contribution in [1.82, 2.24) is 15.1 Å². The molecule has 9 nitrogen and oxygen atoms in total. The number of cyclic esters (lactones) is 1. The van der Waals surface area contributed by atoms with Crippen molar-refractivity contribution < 1.29 is 74.5 Å². The summed E-state index contributed by atoms with van der Waals surface area (Å²) >= 11 is 0.